The van der Waals surface area contributed by atoms with E-state index < -0.39 is 16.5 Å². The van der Waals surface area contributed by atoms with Gasteiger partial charge in [0.1, 0.15) is 6.04 Å². The fourth-order valence-electron chi connectivity index (χ4n) is 2.81. The van der Waals surface area contributed by atoms with Crippen LogP contribution in [0.2, 0.25) is 0 Å². The third-order valence-electron chi connectivity index (χ3n) is 4.03. The van der Waals surface area contributed by atoms with Crippen LogP contribution < -0.4 is 0 Å². The van der Waals surface area contributed by atoms with Gasteiger partial charge in [-0.1, -0.05) is 17.3 Å². The van der Waals surface area contributed by atoms with E-state index in [-0.39, 0.29) is 6.04 Å². The highest BCUT2D eigenvalue weighted by Crippen LogP contribution is 2.21. The predicted molar refractivity (Wildman–Crippen MR) is 78.0 cm³/mol. The van der Waals surface area contributed by atoms with E-state index in [1.54, 1.807) is 0 Å². The van der Waals surface area contributed by atoms with Crippen molar-refractivity contribution in [3.05, 3.63) is 0 Å². The van der Waals surface area contributed by atoms with Crippen molar-refractivity contribution in [3.8, 4) is 0 Å². The first-order valence-corrected chi connectivity index (χ1v) is 8.96. The molecule has 1 atom stereocenters. The Kier molecular flexibility index (Phi) is 5.89. The molecule has 2 aliphatic rings. The summed E-state index contributed by atoms with van der Waals surface area (Å²) in [6.07, 6.45) is 4.06. The first-order valence-electron chi connectivity index (χ1n) is 7.57. The van der Waals surface area contributed by atoms with Crippen LogP contribution in [-0.2, 0) is 15.0 Å². The third-order valence-corrected chi connectivity index (χ3v) is 4.91. The van der Waals surface area contributed by atoms with E-state index in [2.05, 4.69) is 22.8 Å². The van der Waals surface area contributed by atoms with E-state index in [4.69, 9.17) is 4.74 Å². The molecule has 0 spiro atoms. The molecule has 0 radical (unpaired) electrons. The Hall–Kier alpha value is -0.790. The van der Waals surface area contributed by atoms with E-state index in [0.717, 1.165) is 49.2 Å². The molecule has 7 nitrogen and oxygen atoms in total. The Morgan fingerprint density at radius 3 is 2.71 bits per heavy atom. The van der Waals surface area contributed by atoms with E-state index in [1.165, 1.54) is 0 Å². The number of hydrogen-bond donors (Lipinski definition) is 1. The minimum atomic E-state index is -4.33. The normalized spacial score (nSPS) is 25.3. The van der Waals surface area contributed by atoms with Gasteiger partial charge >= 0.3 is 16.3 Å². The smallest absolute Gasteiger partial charge is 0.334 e. The van der Waals surface area contributed by atoms with Gasteiger partial charge < -0.3 is 4.74 Å². The lowest BCUT2D eigenvalue weighted by atomic mass is 9.96. The van der Waals surface area contributed by atoms with E-state index >= 15 is 0 Å². The van der Waals surface area contributed by atoms with Crippen molar-refractivity contribution in [3.63, 3.8) is 0 Å². The first-order chi connectivity index (χ1) is 10.0. The Labute approximate surface area is 126 Å². The fourth-order valence-corrected chi connectivity index (χ4v) is 3.54. The molecule has 1 saturated carbocycles. The highest BCUT2D eigenvalue weighted by Gasteiger charge is 2.30. The summed E-state index contributed by atoms with van der Waals surface area (Å²) in [5, 5.41) is 0. The average molecular weight is 318 g/mol. The second-order valence-corrected chi connectivity index (χ2v) is 6.80. The van der Waals surface area contributed by atoms with Crippen LogP contribution in [0.25, 0.3) is 0 Å². The second-order valence-electron chi connectivity index (χ2n) is 5.51. The molecule has 21 heavy (non-hydrogen) atoms. The zero-order chi connectivity index (χ0) is 15.3. The molecule has 1 unspecified atom stereocenters. The van der Waals surface area contributed by atoms with Gasteiger partial charge in [0.25, 0.3) is 6.23 Å². The van der Waals surface area contributed by atoms with Crippen LogP contribution in [-0.4, -0.2) is 66.4 Å². The third kappa shape index (κ3) is 4.86. The standard InChI is InChI=1S/C13H23N3O4S/c1-2-15-8-9-20-13(10-15)14-11-16(21(17,18)19)12-6-4-3-5-7-12/h12-13H,2-10H2,1H3/p+1. The molecule has 0 aromatic rings. The number of aliphatic imine (C=N–C) groups is 1. The van der Waals surface area contributed by atoms with E-state index in [0.29, 0.717) is 13.2 Å². The van der Waals surface area contributed by atoms with Gasteiger partial charge in [-0.05, 0) is 37.2 Å². The summed E-state index contributed by atoms with van der Waals surface area (Å²) in [4.78, 5) is 6.27. The largest absolute Gasteiger partial charge is 0.442 e. The minimum absolute atomic E-state index is 0.247. The fraction of sp³-hybridized carbons (Fsp3) is 0.923. The Morgan fingerprint density at radius 1 is 1.38 bits per heavy atom. The highest BCUT2D eigenvalue weighted by molar-refractivity contribution is 7.79. The molecule has 0 bridgehead atoms. The number of hydrogen-bond acceptors (Lipinski definition) is 5. The van der Waals surface area contributed by atoms with Crippen LogP contribution in [0.5, 0.6) is 0 Å². The summed E-state index contributed by atoms with van der Waals surface area (Å²) in [7, 11) is -4.33. The molecule has 2 rings (SSSR count). The molecular formula is C13H24N3O4S+. The highest BCUT2D eigenvalue weighted by atomic mass is 32.2. The first kappa shape index (κ1) is 16.6. The van der Waals surface area contributed by atoms with Crippen molar-refractivity contribution in [2.45, 2.75) is 51.3 Å². The molecule has 1 N–H and O–H groups in total. The van der Waals surface area contributed by atoms with Gasteiger partial charge in [-0.2, -0.15) is 8.42 Å². The monoisotopic (exact) mass is 318 g/mol. The van der Waals surface area contributed by atoms with Gasteiger partial charge in [-0.15, -0.1) is 0 Å². The van der Waals surface area contributed by atoms with Gasteiger partial charge in [0.2, 0.25) is 0 Å². The Morgan fingerprint density at radius 2 is 2.10 bits per heavy atom. The molecule has 1 heterocycles. The lowest BCUT2D eigenvalue weighted by Gasteiger charge is -2.26. The number of morpholine rings is 1. The van der Waals surface area contributed by atoms with Crippen LogP contribution in [0.4, 0.5) is 0 Å². The van der Waals surface area contributed by atoms with Gasteiger partial charge in [0.05, 0.1) is 13.2 Å². The summed E-state index contributed by atoms with van der Waals surface area (Å²) in [5.41, 5.74) is 0. The van der Waals surface area contributed by atoms with E-state index in [9.17, 15) is 13.0 Å². The molecule has 0 aromatic heterocycles. The van der Waals surface area contributed by atoms with Crippen LogP contribution in [0.1, 0.15) is 39.0 Å². The predicted octanol–water partition coefficient (Wildman–Crippen LogP) is 0.986. The molecular weight excluding hydrogens is 294 g/mol. The maximum Gasteiger partial charge on any atom is 0.442 e. The Bertz CT molecular complexity index is 508. The summed E-state index contributed by atoms with van der Waals surface area (Å²) in [5.74, 6) is 0. The lowest BCUT2D eigenvalue weighted by molar-refractivity contribution is -0.423. The van der Waals surface area contributed by atoms with E-state index in [1.807, 2.05) is 0 Å². The average Bonchev–Trinajstić information content (AvgIpc) is 2.47. The van der Waals surface area contributed by atoms with Crippen LogP contribution in [0.3, 0.4) is 0 Å². The summed E-state index contributed by atoms with van der Waals surface area (Å²) in [6, 6.07) is 2.27. The molecule has 1 aliphatic heterocycles. The van der Waals surface area contributed by atoms with Crippen molar-refractivity contribution < 1.29 is 21.7 Å². The molecule has 0 aromatic carbocycles. The van der Waals surface area contributed by atoms with Crippen molar-refractivity contribution in [1.82, 2.24) is 4.90 Å². The van der Waals surface area contributed by atoms with Crippen LogP contribution in [0.15, 0.2) is 4.99 Å². The van der Waals surface area contributed by atoms with Gasteiger partial charge in [0.15, 0.2) is 0 Å². The van der Waals surface area contributed by atoms with Crippen molar-refractivity contribution >= 4 is 16.3 Å². The number of nitrogens with zero attached hydrogens (tertiary/aromatic N) is 3. The molecule has 1 saturated heterocycles. The second kappa shape index (κ2) is 7.47. The van der Waals surface area contributed by atoms with Gasteiger partial charge in [-0.25, -0.2) is 0 Å². The molecule has 0 amide bonds. The molecule has 120 valence electrons. The SMILES string of the molecule is CCN1CCOC(N=C=[N+](C2CCCCC2)S(=O)(=O)O)C1. The zero-order valence-electron chi connectivity index (χ0n) is 12.4. The lowest BCUT2D eigenvalue weighted by Crippen LogP contribution is -2.41. The Balaban J connectivity index is 2.17. The minimum Gasteiger partial charge on any atom is -0.334 e. The van der Waals surface area contributed by atoms with Crippen molar-refractivity contribution in [2.24, 2.45) is 4.99 Å². The number of likely N-dealkylation sites (N-methyl/N-ethyl adjacent to an activating group) is 1. The zero-order valence-corrected chi connectivity index (χ0v) is 13.3. The maximum absolute atomic E-state index is 11.5. The molecule has 2 fully saturated rings. The summed E-state index contributed by atoms with van der Waals surface area (Å²) >= 11 is 0. The quantitative estimate of drug-likeness (QED) is 0.475. The molecule has 8 heteroatoms. The van der Waals surface area contributed by atoms with Crippen molar-refractivity contribution in [1.29, 1.82) is 0 Å². The van der Waals surface area contributed by atoms with Crippen LogP contribution in [0, 0.1) is 0 Å². The number of rotatable bonds is 4. The summed E-state index contributed by atoms with van der Waals surface area (Å²) in [6.45, 7) is 5.00. The van der Waals surface area contributed by atoms with Crippen molar-refractivity contribution in [2.75, 3.05) is 26.2 Å². The van der Waals surface area contributed by atoms with Gasteiger partial charge in [-0.3, -0.25) is 9.45 Å². The molecule has 1 aliphatic carbocycles. The topological polar surface area (TPSA) is 82.2 Å². The number of ether oxygens (including phenoxy) is 1. The maximum atomic E-state index is 11.5. The van der Waals surface area contributed by atoms with Crippen LogP contribution >= 0.6 is 0 Å². The summed E-state index contributed by atoms with van der Waals surface area (Å²) < 4.78 is 38.8. The van der Waals surface area contributed by atoms with Gasteiger partial charge in [0, 0.05) is 6.54 Å².